The Kier molecular flexibility index (Phi) is 4.93. The lowest BCUT2D eigenvalue weighted by atomic mass is 10.1. The highest BCUT2D eigenvalue weighted by Gasteiger charge is 2.26. The highest BCUT2D eigenvalue weighted by atomic mass is 19.1. The van der Waals surface area contributed by atoms with Gasteiger partial charge in [0, 0.05) is 30.8 Å². The third kappa shape index (κ3) is 3.76. The second-order valence-electron chi connectivity index (χ2n) is 5.98. The van der Waals surface area contributed by atoms with Crippen LogP contribution in [0.1, 0.15) is 27.0 Å². The molecular formula is C20H19FN2O2. The summed E-state index contributed by atoms with van der Waals surface area (Å²) in [7, 11) is 0. The highest BCUT2D eigenvalue weighted by molar-refractivity contribution is 5.94. The number of hydrogen-bond donors (Lipinski definition) is 1. The fourth-order valence-electron chi connectivity index (χ4n) is 2.92. The summed E-state index contributed by atoms with van der Waals surface area (Å²) < 4.78 is 13.8. The number of nitrogens with zero attached hydrogens (tertiary/aromatic N) is 1. The topological polar surface area (TPSA) is 49.4 Å². The van der Waals surface area contributed by atoms with Crippen LogP contribution in [0.15, 0.2) is 55.1 Å². The van der Waals surface area contributed by atoms with Crippen molar-refractivity contribution in [2.45, 2.75) is 19.5 Å². The molecule has 2 aromatic rings. The van der Waals surface area contributed by atoms with E-state index in [0.717, 1.165) is 11.1 Å². The Hall–Kier alpha value is -2.95. The number of carbonyl (C=O) groups excluding carboxylic acids is 2. The zero-order valence-electron chi connectivity index (χ0n) is 13.8. The van der Waals surface area contributed by atoms with Gasteiger partial charge in [0.05, 0.1) is 0 Å². The SMILES string of the molecule is C=CC(=O)NCCc1ccc(C(=O)N2Cc3cccc(F)c3C2)cc1. The lowest BCUT2D eigenvalue weighted by molar-refractivity contribution is -0.116. The van der Waals surface area contributed by atoms with Gasteiger partial charge in [-0.1, -0.05) is 30.8 Å². The van der Waals surface area contributed by atoms with E-state index in [1.807, 2.05) is 18.2 Å². The van der Waals surface area contributed by atoms with Crippen LogP contribution in [0.3, 0.4) is 0 Å². The molecule has 0 saturated heterocycles. The largest absolute Gasteiger partial charge is 0.352 e. The Bertz CT molecular complexity index is 815. The summed E-state index contributed by atoms with van der Waals surface area (Å²) in [6, 6.07) is 12.2. The van der Waals surface area contributed by atoms with Gasteiger partial charge in [0.2, 0.25) is 5.91 Å². The van der Waals surface area contributed by atoms with E-state index in [-0.39, 0.29) is 17.6 Å². The Labute approximate surface area is 146 Å². The maximum atomic E-state index is 13.8. The van der Waals surface area contributed by atoms with Gasteiger partial charge in [-0.15, -0.1) is 0 Å². The Balaban J connectivity index is 1.61. The molecule has 3 rings (SSSR count). The van der Waals surface area contributed by atoms with Crippen LogP contribution in [-0.4, -0.2) is 23.3 Å². The standard InChI is InChI=1S/C20H19FN2O2/c1-2-19(24)22-11-10-14-6-8-15(9-7-14)20(25)23-12-16-4-3-5-18(21)17(16)13-23/h2-9H,1,10-13H2,(H,22,24). The van der Waals surface area contributed by atoms with Crippen LogP contribution in [-0.2, 0) is 24.3 Å². The second kappa shape index (κ2) is 7.30. The maximum absolute atomic E-state index is 13.8. The quantitative estimate of drug-likeness (QED) is 0.852. The van der Waals surface area contributed by atoms with Crippen molar-refractivity contribution >= 4 is 11.8 Å². The summed E-state index contributed by atoms with van der Waals surface area (Å²) in [5.41, 5.74) is 3.07. The van der Waals surface area contributed by atoms with E-state index >= 15 is 0 Å². The minimum atomic E-state index is -0.260. The molecule has 1 aliphatic heterocycles. The van der Waals surface area contributed by atoms with E-state index in [0.29, 0.717) is 37.2 Å². The predicted octanol–water partition coefficient (Wildman–Crippen LogP) is 2.83. The first-order valence-corrected chi connectivity index (χ1v) is 8.13. The van der Waals surface area contributed by atoms with Crippen LogP contribution in [0, 0.1) is 5.82 Å². The molecule has 0 bridgehead atoms. The van der Waals surface area contributed by atoms with Gasteiger partial charge in [0.25, 0.3) is 5.91 Å². The maximum Gasteiger partial charge on any atom is 0.254 e. The molecule has 5 heteroatoms. The van der Waals surface area contributed by atoms with E-state index in [2.05, 4.69) is 11.9 Å². The normalized spacial score (nSPS) is 12.6. The molecular weight excluding hydrogens is 319 g/mol. The zero-order valence-corrected chi connectivity index (χ0v) is 13.8. The Morgan fingerprint density at radius 1 is 1.16 bits per heavy atom. The Morgan fingerprint density at radius 3 is 2.60 bits per heavy atom. The number of rotatable bonds is 5. The first-order chi connectivity index (χ1) is 12.1. The summed E-state index contributed by atoms with van der Waals surface area (Å²) in [6.07, 6.45) is 1.91. The fraction of sp³-hybridized carbons (Fsp3) is 0.200. The summed E-state index contributed by atoms with van der Waals surface area (Å²) >= 11 is 0. The van der Waals surface area contributed by atoms with Crippen LogP contribution in [0.2, 0.25) is 0 Å². The van der Waals surface area contributed by atoms with Crippen molar-refractivity contribution in [3.05, 3.63) is 83.2 Å². The van der Waals surface area contributed by atoms with Gasteiger partial charge in [-0.25, -0.2) is 4.39 Å². The summed E-state index contributed by atoms with van der Waals surface area (Å²) in [5.74, 6) is -0.570. The molecule has 0 aromatic heterocycles. The number of carbonyl (C=O) groups is 2. The van der Waals surface area contributed by atoms with Crippen molar-refractivity contribution in [2.24, 2.45) is 0 Å². The summed E-state index contributed by atoms with van der Waals surface area (Å²) in [4.78, 5) is 25.4. The van der Waals surface area contributed by atoms with Crippen molar-refractivity contribution in [3.63, 3.8) is 0 Å². The molecule has 1 aliphatic rings. The van der Waals surface area contributed by atoms with Crippen LogP contribution in [0.25, 0.3) is 0 Å². The molecule has 0 saturated carbocycles. The first kappa shape index (κ1) is 16.9. The molecule has 0 radical (unpaired) electrons. The second-order valence-corrected chi connectivity index (χ2v) is 5.98. The monoisotopic (exact) mass is 338 g/mol. The zero-order chi connectivity index (χ0) is 17.8. The lowest BCUT2D eigenvalue weighted by Crippen LogP contribution is -2.25. The first-order valence-electron chi connectivity index (χ1n) is 8.13. The minimum absolute atomic E-state index is 0.109. The van der Waals surface area contributed by atoms with Crippen LogP contribution >= 0.6 is 0 Å². The number of fused-ring (bicyclic) bond motifs is 1. The van der Waals surface area contributed by atoms with E-state index < -0.39 is 0 Å². The molecule has 0 fully saturated rings. The number of benzene rings is 2. The molecule has 128 valence electrons. The predicted molar refractivity (Wildman–Crippen MR) is 93.3 cm³/mol. The fourth-order valence-corrected chi connectivity index (χ4v) is 2.92. The smallest absolute Gasteiger partial charge is 0.254 e. The van der Waals surface area contributed by atoms with Crippen LogP contribution in [0.4, 0.5) is 4.39 Å². The number of amides is 2. The van der Waals surface area contributed by atoms with Crippen molar-refractivity contribution in [2.75, 3.05) is 6.54 Å². The van der Waals surface area contributed by atoms with E-state index in [9.17, 15) is 14.0 Å². The average Bonchev–Trinajstić information content (AvgIpc) is 3.07. The van der Waals surface area contributed by atoms with Crippen molar-refractivity contribution < 1.29 is 14.0 Å². The van der Waals surface area contributed by atoms with Gasteiger partial charge < -0.3 is 10.2 Å². The van der Waals surface area contributed by atoms with Crippen molar-refractivity contribution in [1.29, 1.82) is 0 Å². The molecule has 4 nitrogen and oxygen atoms in total. The molecule has 1 heterocycles. The molecule has 0 aliphatic carbocycles. The van der Waals surface area contributed by atoms with E-state index in [1.54, 1.807) is 23.1 Å². The molecule has 25 heavy (non-hydrogen) atoms. The van der Waals surface area contributed by atoms with Gasteiger partial charge in [0.15, 0.2) is 0 Å². The van der Waals surface area contributed by atoms with Crippen molar-refractivity contribution in [1.82, 2.24) is 10.2 Å². The van der Waals surface area contributed by atoms with Crippen LogP contribution < -0.4 is 5.32 Å². The average molecular weight is 338 g/mol. The third-order valence-corrected chi connectivity index (χ3v) is 4.31. The van der Waals surface area contributed by atoms with Gasteiger partial charge in [0.1, 0.15) is 5.82 Å². The summed E-state index contributed by atoms with van der Waals surface area (Å²) in [6.45, 7) is 4.64. The van der Waals surface area contributed by atoms with Gasteiger partial charge in [-0.3, -0.25) is 9.59 Å². The molecule has 2 aromatic carbocycles. The van der Waals surface area contributed by atoms with Gasteiger partial charge >= 0.3 is 0 Å². The van der Waals surface area contributed by atoms with Crippen LogP contribution in [0.5, 0.6) is 0 Å². The number of halogens is 1. The summed E-state index contributed by atoms with van der Waals surface area (Å²) in [5, 5.41) is 2.71. The lowest BCUT2D eigenvalue weighted by Gasteiger charge is -2.15. The molecule has 1 N–H and O–H groups in total. The minimum Gasteiger partial charge on any atom is -0.352 e. The molecule has 0 spiro atoms. The highest BCUT2D eigenvalue weighted by Crippen LogP contribution is 2.26. The Morgan fingerprint density at radius 2 is 1.92 bits per heavy atom. The molecule has 0 unspecified atom stereocenters. The molecule has 0 atom stereocenters. The third-order valence-electron chi connectivity index (χ3n) is 4.31. The van der Waals surface area contributed by atoms with Gasteiger partial charge in [-0.2, -0.15) is 0 Å². The van der Waals surface area contributed by atoms with E-state index in [1.165, 1.54) is 12.1 Å². The van der Waals surface area contributed by atoms with Crippen molar-refractivity contribution in [3.8, 4) is 0 Å². The van der Waals surface area contributed by atoms with E-state index in [4.69, 9.17) is 0 Å². The van der Waals surface area contributed by atoms with Gasteiger partial charge in [-0.05, 0) is 41.8 Å². The number of nitrogens with one attached hydrogen (secondary N) is 1. The number of hydrogen-bond acceptors (Lipinski definition) is 2. The molecule has 2 amide bonds.